The van der Waals surface area contributed by atoms with E-state index in [2.05, 4.69) is 13.8 Å². The molecule has 0 aliphatic heterocycles. The first kappa shape index (κ1) is 19.5. The normalized spacial score (nSPS) is 12.5. The molecule has 0 bridgehead atoms. The molecule has 0 rings (SSSR count). The highest BCUT2D eigenvalue weighted by atomic mass is 16.4. The van der Waals surface area contributed by atoms with Crippen LogP contribution in [0.1, 0.15) is 104 Å². The van der Waals surface area contributed by atoms with Crippen molar-refractivity contribution >= 4 is 5.97 Å². The highest BCUT2D eigenvalue weighted by Crippen LogP contribution is 2.23. The van der Waals surface area contributed by atoms with Gasteiger partial charge in [-0.15, -0.1) is 0 Å². The van der Waals surface area contributed by atoms with Crippen molar-refractivity contribution < 1.29 is 9.90 Å². The quantitative estimate of drug-likeness (QED) is 0.364. The summed E-state index contributed by atoms with van der Waals surface area (Å²) >= 11 is 0. The molecule has 1 N–H and O–H groups in total. The predicted molar refractivity (Wildman–Crippen MR) is 87.1 cm³/mol. The van der Waals surface area contributed by atoms with Crippen molar-refractivity contribution in [1.29, 1.82) is 0 Å². The largest absolute Gasteiger partial charge is 0.481 e. The lowest BCUT2D eigenvalue weighted by molar-refractivity contribution is -0.137. The molecule has 0 aliphatic rings. The second-order valence-electron chi connectivity index (χ2n) is 6.20. The fourth-order valence-corrected chi connectivity index (χ4v) is 2.87. The molecular formula is C18H36O2. The summed E-state index contributed by atoms with van der Waals surface area (Å²) in [4.78, 5) is 10.6. The van der Waals surface area contributed by atoms with Gasteiger partial charge in [-0.05, 0) is 18.8 Å². The summed E-state index contributed by atoms with van der Waals surface area (Å²) < 4.78 is 0. The summed E-state index contributed by atoms with van der Waals surface area (Å²) in [7, 11) is 0. The van der Waals surface area contributed by atoms with Crippen molar-refractivity contribution in [3.63, 3.8) is 0 Å². The molecule has 2 nitrogen and oxygen atoms in total. The van der Waals surface area contributed by atoms with Gasteiger partial charge in [-0.3, -0.25) is 4.79 Å². The average Bonchev–Trinajstić information content (AvgIpc) is 2.42. The van der Waals surface area contributed by atoms with Gasteiger partial charge in [-0.25, -0.2) is 0 Å². The molecule has 0 fully saturated rings. The first-order valence-electron chi connectivity index (χ1n) is 8.92. The molecule has 0 radical (unpaired) electrons. The zero-order valence-electron chi connectivity index (χ0n) is 13.8. The number of carboxylic acids is 1. The minimum Gasteiger partial charge on any atom is -0.481 e. The number of aliphatic carboxylic acids is 1. The Balaban J connectivity index is 3.75. The Kier molecular flexibility index (Phi) is 14.5. The third kappa shape index (κ3) is 13.9. The van der Waals surface area contributed by atoms with Crippen LogP contribution in [0, 0.1) is 5.92 Å². The van der Waals surface area contributed by atoms with Crippen molar-refractivity contribution in [3.05, 3.63) is 0 Å². The van der Waals surface area contributed by atoms with E-state index in [1.165, 1.54) is 70.6 Å². The van der Waals surface area contributed by atoms with Crippen LogP contribution in [0.3, 0.4) is 0 Å². The number of carboxylic acid groups (broad SMARTS) is 1. The Bertz CT molecular complexity index is 213. The maximum Gasteiger partial charge on any atom is 0.303 e. The number of unbranched alkanes of at least 4 members (excludes halogenated alkanes) is 7. The second kappa shape index (κ2) is 14.9. The van der Waals surface area contributed by atoms with Crippen molar-refractivity contribution in [2.75, 3.05) is 0 Å². The van der Waals surface area contributed by atoms with Crippen LogP contribution in [0.2, 0.25) is 0 Å². The maximum atomic E-state index is 10.6. The summed E-state index contributed by atoms with van der Waals surface area (Å²) in [5.41, 5.74) is 0. The van der Waals surface area contributed by atoms with Crippen LogP contribution < -0.4 is 0 Å². The van der Waals surface area contributed by atoms with E-state index in [9.17, 15) is 4.79 Å². The lowest BCUT2D eigenvalue weighted by Crippen LogP contribution is -2.03. The molecule has 2 heteroatoms. The Morgan fingerprint density at radius 2 is 1.20 bits per heavy atom. The molecule has 0 saturated carbocycles. The standard InChI is InChI=1S/C18H36O2/c1-3-5-7-9-11-14-17(13-10-8-6-4-2)15-12-16-18(19)20/h17H,3-16H2,1-2H3,(H,19,20). The van der Waals surface area contributed by atoms with E-state index in [0.29, 0.717) is 6.42 Å². The molecule has 0 saturated heterocycles. The van der Waals surface area contributed by atoms with Crippen LogP contribution in [0.5, 0.6) is 0 Å². The van der Waals surface area contributed by atoms with Crippen LogP contribution in [0.4, 0.5) is 0 Å². The molecule has 20 heavy (non-hydrogen) atoms. The van der Waals surface area contributed by atoms with E-state index in [-0.39, 0.29) is 0 Å². The van der Waals surface area contributed by atoms with Crippen LogP contribution in [0.25, 0.3) is 0 Å². The summed E-state index contributed by atoms with van der Waals surface area (Å²) in [6.45, 7) is 4.50. The molecule has 1 atom stereocenters. The van der Waals surface area contributed by atoms with Crippen LogP contribution >= 0.6 is 0 Å². The van der Waals surface area contributed by atoms with Gasteiger partial charge < -0.3 is 5.11 Å². The molecule has 120 valence electrons. The van der Waals surface area contributed by atoms with Gasteiger partial charge in [0.05, 0.1) is 0 Å². The van der Waals surface area contributed by atoms with E-state index in [0.717, 1.165) is 18.8 Å². The first-order chi connectivity index (χ1) is 9.70. The van der Waals surface area contributed by atoms with E-state index < -0.39 is 5.97 Å². The number of rotatable bonds is 15. The number of carbonyl (C=O) groups is 1. The Morgan fingerprint density at radius 1 is 0.750 bits per heavy atom. The third-order valence-electron chi connectivity index (χ3n) is 4.18. The Morgan fingerprint density at radius 3 is 1.70 bits per heavy atom. The fraction of sp³-hybridized carbons (Fsp3) is 0.944. The SMILES string of the molecule is CCCCCCCC(CCCCCC)CCCC(=O)O. The lowest BCUT2D eigenvalue weighted by Gasteiger charge is -2.16. The van der Waals surface area contributed by atoms with Gasteiger partial charge >= 0.3 is 5.97 Å². The van der Waals surface area contributed by atoms with Crippen LogP contribution in [0.15, 0.2) is 0 Å². The molecule has 0 aromatic rings. The number of hydrogen-bond acceptors (Lipinski definition) is 1. The second-order valence-corrected chi connectivity index (χ2v) is 6.20. The zero-order valence-corrected chi connectivity index (χ0v) is 13.8. The van der Waals surface area contributed by atoms with Gasteiger partial charge in [-0.1, -0.05) is 84.5 Å². The van der Waals surface area contributed by atoms with Gasteiger partial charge in [0, 0.05) is 6.42 Å². The summed E-state index contributed by atoms with van der Waals surface area (Å²) in [5, 5.41) is 8.75. The molecule has 1 unspecified atom stereocenters. The van der Waals surface area contributed by atoms with E-state index >= 15 is 0 Å². The molecule has 0 heterocycles. The fourth-order valence-electron chi connectivity index (χ4n) is 2.87. The van der Waals surface area contributed by atoms with E-state index in [1.807, 2.05) is 0 Å². The first-order valence-corrected chi connectivity index (χ1v) is 8.92. The molecule has 0 aromatic heterocycles. The Labute approximate surface area is 126 Å². The molecular weight excluding hydrogens is 248 g/mol. The van der Waals surface area contributed by atoms with E-state index in [4.69, 9.17) is 5.11 Å². The lowest BCUT2D eigenvalue weighted by atomic mass is 9.90. The molecule has 0 spiro atoms. The highest BCUT2D eigenvalue weighted by Gasteiger charge is 2.09. The predicted octanol–water partition coefficient (Wildman–Crippen LogP) is 6.19. The summed E-state index contributed by atoms with van der Waals surface area (Å²) in [6, 6.07) is 0. The monoisotopic (exact) mass is 284 g/mol. The average molecular weight is 284 g/mol. The summed E-state index contributed by atoms with van der Waals surface area (Å²) in [6.07, 6.45) is 17.0. The highest BCUT2D eigenvalue weighted by molar-refractivity contribution is 5.66. The smallest absolute Gasteiger partial charge is 0.303 e. The maximum absolute atomic E-state index is 10.6. The molecule has 0 aromatic carbocycles. The van der Waals surface area contributed by atoms with Gasteiger partial charge in [0.15, 0.2) is 0 Å². The van der Waals surface area contributed by atoms with Crippen LogP contribution in [-0.4, -0.2) is 11.1 Å². The topological polar surface area (TPSA) is 37.3 Å². The van der Waals surface area contributed by atoms with Crippen molar-refractivity contribution in [1.82, 2.24) is 0 Å². The minimum atomic E-state index is -0.641. The summed E-state index contributed by atoms with van der Waals surface area (Å²) in [5.74, 6) is 0.130. The van der Waals surface area contributed by atoms with Gasteiger partial charge in [0.25, 0.3) is 0 Å². The molecule has 0 aliphatic carbocycles. The van der Waals surface area contributed by atoms with Gasteiger partial charge in [0.1, 0.15) is 0 Å². The molecule has 0 amide bonds. The minimum absolute atomic E-state index is 0.349. The zero-order chi connectivity index (χ0) is 15.1. The van der Waals surface area contributed by atoms with E-state index in [1.54, 1.807) is 0 Å². The van der Waals surface area contributed by atoms with Crippen molar-refractivity contribution in [2.24, 2.45) is 5.92 Å². The number of hydrogen-bond donors (Lipinski definition) is 1. The third-order valence-corrected chi connectivity index (χ3v) is 4.18. The van der Waals surface area contributed by atoms with Gasteiger partial charge in [0.2, 0.25) is 0 Å². The van der Waals surface area contributed by atoms with Crippen LogP contribution in [-0.2, 0) is 4.79 Å². The van der Waals surface area contributed by atoms with Gasteiger partial charge in [-0.2, -0.15) is 0 Å². The Hall–Kier alpha value is -0.530. The van der Waals surface area contributed by atoms with Crippen molar-refractivity contribution in [3.8, 4) is 0 Å². The van der Waals surface area contributed by atoms with Crippen molar-refractivity contribution in [2.45, 2.75) is 104 Å².